The van der Waals surface area contributed by atoms with Crippen LogP contribution >= 0.6 is 0 Å². The summed E-state index contributed by atoms with van der Waals surface area (Å²) in [5.41, 5.74) is 0. The summed E-state index contributed by atoms with van der Waals surface area (Å²) in [4.78, 5) is 26.1. The van der Waals surface area contributed by atoms with Gasteiger partial charge in [0.25, 0.3) is 0 Å². The standard InChI is InChI=1S/C12H13N5O3/c18-9-3-5-16(6-4-9)11(19)8-17-14-12(13-15-17)10-2-1-7-20-10/h1-2,7H,3-6,8H2. The Morgan fingerprint density at radius 3 is 2.85 bits per heavy atom. The molecule has 0 unspecified atom stereocenters. The molecule has 1 amide bonds. The van der Waals surface area contributed by atoms with Crippen molar-refractivity contribution < 1.29 is 14.0 Å². The lowest BCUT2D eigenvalue weighted by atomic mass is 10.1. The molecule has 1 fully saturated rings. The molecule has 1 aliphatic heterocycles. The van der Waals surface area contributed by atoms with Crippen LogP contribution in [0.4, 0.5) is 0 Å². The van der Waals surface area contributed by atoms with Gasteiger partial charge in [0.05, 0.1) is 6.26 Å². The highest BCUT2D eigenvalue weighted by molar-refractivity contribution is 5.83. The number of amides is 1. The molecule has 0 atom stereocenters. The second-order valence-electron chi connectivity index (χ2n) is 4.54. The number of ketones is 1. The molecule has 0 N–H and O–H groups in total. The third-order valence-electron chi connectivity index (χ3n) is 3.14. The Morgan fingerprint density at radius 2 is 2.15 bits per heavy atom. The van der Waals surface area contributed by atoms with Crippen LogP contribution in [0.2, 0.25) is 0 Å². The van der Waals surface area contributed by atoms with E-state index in [9.17, 15) is 9.59 Å². The summed E-state index contributed by atoms with van der Waals surface area (Å²) in [5, 5.41) is 11.7. The number of hydrogen-bond acceptors (Lipinski definition) is 6. The molecule has 1 saturated heterocycles. The topological polar surface area (TPSA) is 94.1 Å². The van der Waals surface area contributed by atoms with Gasteiger partial charge in [-0.15, -0.1) is 10.2 Å². The van der Waals surface area contributed by atoms with Crippen LogP contribution in [0.1, 0.15) is 12.8 Å². The maximum atomic E-state index is 12.0. The molecule has 0 aromatic carbocycles. The molecule has 0 bridgehead atoms. The number of rotatable bonds is 3. The number of nitrogens with zero attached hydrogens (tertiary/aromatic N) is 5. The Bertz CT molecular complexity index is 609. The van der Waals surface area contributed by atoms with Gasteiger partial charge in [0.15, 0.2) is 5.76 Å². The average Bonchev–Trinajstić information content (AvgIpc) is 3.09. The number of likely N-dealkylation sites (tertiary alicyclic amines) is 1. The quantitative estimate of drug-likeness (QED) is 0.790. The molecule has 8 nitrogen and oxygen atoms in total. The van der Waals surface area contributed by atoms with E-state index >= 15 is 0 Å². The molecule has 104 valence electrons. The number of hydrogen-bond donors (Lipinski definition) is 0. The van der Waals surface area contributed by atoms with E-state index in [1.165, 1.54) is 11.1 Å². The highest BCUT2D eigenvalue weighted by atomic mass is 16.3. The fraction of sp³-hybridized carbons (Fsp3) is 0.417. The summed E-state index contributed by atoms with van der Waals surface area (Å²) in [7, 11) is 0. The minimum atomic E-state index is -0.110. The summed E-state index contributed by atoms with van der Waals surface area (Å²) < 4.78 is 5.15. The first-order valence-corrected chi connectivity index (χ1v) is 6.33. The first-order valence-electron chi connectivity index (χ1n) is 6.33. The molecule has 20 heavy (non-hydrogen) atoms. The second kappa shape index (κ2) is 5.24. The molecule has 0 radical (unpaired) electrons. The van der Waals surface area contributed by atoms with Crippen molar-refractivity contribution in [1.29, 1.82) is 0 Å². The van der Waals surface area contributed by atoms with Crippen molar-refractivity contribution in [3.05, 3.63) is 18.4 Å². The number of piperidine rings is 1. The van der Waals surface area contributed by atoms with Gasteiger partial charge in [-0.2, -0.15) is 4.80 Å². The minimum absolute atomic E-state index is 0.0158. The molecule has 0 spiro atoms. The Labute approximate surface area is 114 Å². The Balaban J connectivity index is 1.63. The predicted octanol–water partition coefficient (Wildman–Crippen LogP) is 0.125. The zero-order valence-electron chi connectivity index (χ0n) is 10.7. The van der Waals surface area contributed by atoms with Gasteiger partial charge in [0.2, 0.25) is 11.7 Å². The van der Waals surface area contributed by atoms with E-state index in [0.29, 0.717) is 37.5 Å². The van der Waals surface area contributed by atoms with E-state index in [4.69, 9.17) is 4.42 Å². The van der Waals surface area contributed by atoms with Crippen LogP contribution in [-0.2, 0) is 16.1 Å². The van der Waals surface area contributed by atoms with Gasteiger partial charge in [0, 0.05) is 25.9 Å². The van der Waals surface area contributed by atoms with Crippen molar-refractivity contribution >= 4 is 11.7 Å². The lowest BCUT2D eigenvalue weighted by Crippen LogP contribution is -2.40. The lowest BCUT2D eigenvalue weighted by molar-refractivity contribution is -0.135. The maximum absolute atomic E-state index is 12.0. The van der Waals surface area contributed by atoms with E-state index in [1.807, 2.05) is 0 Å². The Hall–Kier alpha value is -2.51. The van der Waals surface area contributed by atoms with Crippen molar-refractivity contribution in [2.75, 3.05) is 13.1 Å². The Kier molecular flexibility index (Phi) is 3.28. The molecule has 0 saturated carbocycles. The molecule has 3 rings (SSSR count). The van der Waals surface area contributed by atoms with Crippen molar-refractivity contribution in [3.63, 3.8) is 0 Å². The number of carbonyl (C=O) groups excluding carboxylic acids is 2. The fourth-order valence-electron chi connectivity index (χ4n) is 2.04. The monoisotopic (exact) mass is 275 g/mol. The van der Waals surface area contributed by atoms with Crippen LogP contribution < -0.4 is 0 Å². The second-order valence-corrected chi connectivity index (χ2v) is 4.54. The van der Waals surface area contributed by atoms with Crippen molar-refractivity contribution in [3.8, 4) is 11.6 Å². The van der Waals surface area contributed by atoms with Gasteiger partial charge in [-0.05, 0) is 17.3 Å². The smallest absolute Gasteiger partial charge is 0.246 e. The summed E-state index contributed by atoms with van der Waals surface area (Å²) in [6.45, 7) is 0.955. The third-order valence-corrected chi connectivity index (χ3v) is 3.14. The van der Waals surface area contributed by atoms with Gasteiger partial charge < -0.3 is 9.32 Å². The molecule has 1 aliphatic rings. The number of tetrazole rings is 1. The molecular formula is C12H13N5O3. The molecule has 0 aliphatic carbocycles. The first kappa shape index (κ1) is 12.5. The van der Waals surface area contributed by atoms with Crippen LogP contribution in [-0.4, -0.2) is 49.9 Å². The van der Waals surface area contributed by atoms with E-state index in [1.54, 1.807) is 17.0 Å². The molecule has 8 heteroatoms. The van der Waals surface area contributed by atoms with Crippen molar-refractivity contribution in [1.82, 2.24) is 25.1 Å². The Morgan fingerprint density at radius 1 is 1.35 bits per heavy atom. The van der Waals surface area contributed by atoms with E-state index in [0.717, 1.165) is 0 Å². The zero-order chi connectivity index (χ0) is 13.9. The van der Waals surface area contributed by atoms with Crippen molar-refractivity contribution in [2.45, 2.75) is 19.4 Å². The lowest BCUT2D eigenvalue weighted by Gasteiger charge is -2.25. The minimum Gasteiger partial charge on any atom is -0.461 e. The molecule has 2 aromatic heterocycles. The highest BCUT2D eigenvalue weighted by Gasteiger charge is 2.21. The summed E-state index contributed by atoms with van der Waals surface area (Å²) in [6.07, 6.45) is 2.37. The third kappa shape index (κ3) is 2.58. The molecule has 3 heterocycles. The van der Waals surface area contributed by atoms with Crippen LogP contribution in [0.15, 0.2) is 22.8 Å². The van der Waals surface area contributed by atoms with Gasteiger partial charge in [0.1, 0.15) is 12.3 Å². The van der Waals surface area contributed by atoms with Crippen LogP contribution in [0.3, 0.4) is 0 Å². The van der Waals surface area contributed by atoms with Crippen LogP contribution in [0.25, 0.3) is 11.6 Å². The normalized spacial score (nSPS) is 15.6. The van der Waals surface area contributed by atoms with Gasteiger partial charge in [-0.25, -0.2) is 0 Å². The van der Waals surface area contributed by atoms with Gasteiger partial charge in [-0.1, -0.05) is 0 Å². The van der Waals surface area contributed by atoms with Crippen molar-refractivity contribution in [2.24, 2.45) is 0 Å². The maximum Gasteiger partial charge on any atom is 0.246 e. The largest absolute Gasteiger partial charge is 0.461 e. The highest BCUT2D eigenvalue weighted by Crippen LogP contribution is 2.13. The summed E-state index contributed by atoms with van der Waals surface area (Å²) in [5.74, 6) is 0.942. The van der Waals surface area contributed by atoms with Crippen LogP contribution in [0, 0.1) is 0 Å². The number of aromatic nitrogens is 4. The molecular weight excluding hydrogens is 262 g/mol. The predicted molar refractivity (Wildman–Crippen MR) is 66.3 cm³/mol. The van der Waals surface area contributed by atoms with Crippen LogP contribution in [0.5, 0.6) is 0 Å². The number of Topliss-reactive ketones (excluding diaryl/α,β-unsaturated/α-hetero) is 1. The van der Waals surface area contributed by atoms with Gasteiger partial charge >= 0.3 is 0 Å². The SMILES string of the molecule is O=C1CCN(C(=O)Cn2nnc(-c3ccco3)n2)CC1. The average molecular weight is 275 g/mol. The first-order chi connectivity index (χ1) is 9.72. The molecule has 2 aromatic rings. The van der Waals surface area contributed by atoms with E-state index in [-0.39, 0.29) is 18.2 Å². The number of carbonyl (C=O) groups is 2. The fourth-order valence-corrected chi connectivity index (χ4v) is 2.04. The number of furan rings is 1. The van der Waals surface area contributed by atoms with Gasteiger partial charge in [-0.3, -0.25) is 9.59 Å². The van der Waals surface area contributed by atoms with E-state index in [2.05, 4.69) is 15.4 Å². The van der Waals surface area contributed by atoms with E-state index < -0.39 is 0 Å². The summed E-state index contributed by atoms with van der Waals surface area (Å²) in [6, 6.07) is 3.45. The zero-order valence-corrected chi connectivity index (χ0v) is 10.7. The summed E-state index contributed by atoms with van der Waals surface area (Å²) >= 11 is 0.